The number of benzene rings is 1. The van der Waals surface area contributed by atoms with Crippen molar-refractivity contribution in [2.45, 2.75) is 13.0 Å². The number of ether oxygens (including phenoxy) is 1. The van der Waals surface area contributed by atoms with Crippen LogP contribution in [0.5, 0.6) is 5.75 Å². The highest BCUT2D eigenvalue weighted by Gasteiger charge is 2.04. The monoisotopic (exact) mass is 218 g/mol. The zero-order chi connectivity index (χ0) is 11.5. The van der Waals surface area contributed by atoms with E-state index in [2.05, 4.69) is 0 Å². The van der Waals surface area contributed by atoms with Gasteiger partial charge in [-0.15, -0.1) is 0 Å². The molecule has 82 valence electrons. The molecule has 2 aromatic rings. The molecular weight excluding hydrogens is 208 g/mol. The van der Waals surface area contributed by atoms with Crippen LogP contribution in [0, 0.1) is 0 Å². The molecule has 0 aliphatic carbocycles. The molecule has 0 bridgehead atoms. The van der Waals surface area contributed by atoms with Crippen LogP contribution < -0.4 is 10.4 Å². The second kappa shape index (κ2) is 4.18. The maximum absolute atomic E-state index is 11.0. The van der Waals surface area contributed by atoms with E-state index in [0.717, 1.165) is 5.39 Å². The maximum Gasteiger partial charge on any atom is 0.336 e. The van der Waals surface area contributed by atoms with Gasteiger partial charge in [0.1, 0.15) is 11.3 Å². The van der Waals surface area contributed by atoms with Gasteiger partial charge in [0.2, 0.25) is 0 Å². The van der Waals surface area contributed by atoms with E-state index >= 15 is 0 Å². The Balaban J connectivity index is 2.42. The number of hydrogen-bond donors (Lipinski definition) is 0. The molecule has 16 heavy (non-hydrogen) atoms. The van der Waals surface area contributed by atoms with Crippen LogP contribution in [0.3, 0.4) is 0 Å². The molecular formula is C12H10O4. The lowest BCUT2D eigenvalue weighted by molar-refractivity contribution is -0.113. The molecule has 0 saturated carbocycles. The second-order valence-corrected chi connectivity index (χ2v) is 3.41. The highest BCUT2D eigenvalue weighted by atomic mass is 16.5. The molecule has 0 N–H and O–H groups in total. The highest BCUT2D eigenvalue weighted by Crippen LogP contribution is 2.19. The summed E-state index contributed by atoms with van der Waals surface area (Å²) in [5, 5.41) is 0.811. The lowest BCUT2D eigenvalue weighted by Gasteiger charge is -2.08. The first-order valence-electron chi connectivity index (χ1n) is 4.85. The van der Waals surface area contributed by atoms with E-state index in [1.807, 2.05) is 0 Å². The summed E-state index contributed by atoms with van der Waals surface area (Å²) in [7, 11) is 0. The smallest absolute Gasteiger partial charge is 0.336 e. The number of carbonyl (C=O) groups is 1. The fourth-order valence-electron chi connectivity index (χ4n) is 1.36. The Morgan fingerprint density at radius 1 is 1.31 bits per heavy atom. The van der Waals surface area contributed by atoms with Crippen molar-refractivity contribution in [1.29, 1.82) is 0 Å². The predicted molar refractivity (Wildman–Crippen MR) is 58.6 cm³/mol. The molecule has 0 unspecified atom stereocenters. The third kappa shape index (κ3) is 2.11. The summed E-state index contributed by atoms with van der Waals surface area (Å²) in [6, 6.07) is 8.12. The molecule has 0 aliphatic heterocycles. The van der Waals surface area contributed by atoms with Crippen LogP contribution >= 0.6 is 0 Å². The molecule has 1 atom stereocenters. The van der Waals surface area contributed by atoms with Crippen molar-refractivity contribution >= 4 is 17.3 Å². The second-order valence-electron chi connectivity index (χ2n) is 3.41. The Morgan fingerprint density at radius 3 is 2.81 bits per heavy atom. The predicted octanol–water partition coefficient (Wildman–Crippen LogP) is 1.76. The van der Waals surface area contributed by atoms with E-state index in [-0.39, 0.29) is 0 Å². The zero-order valence-electron chi connectivity index (χ0n) is 8.67. The van der Waals surface area contributed by atoms with Gasteiger partial charge in [-0.05, 0) is 25.1 Å². The summed E-state index contributed by atoms with van der Waals surface area (Å²) in [5.74, 6) is 0.501. The fourth-order valence-corrected chi connectivity index (χ4v) is 1.36. The summed E-state index contributed by atoms with van der Waals surface area (Å²) in [6.45, 7) is 1.64. The van der Waals surface area contributed by atoms with E-state index < -0.39 is 11.7 Å². The summed E-state index contributed by atoms with van der Waals surface area (Å²) in [6.07, 6.45) is 0.179. The first kappa shape index (κ1) is 10.4. The van der Waals surface area contributed by atoms with Gasteiger partial charge in [0.25, 0.3) is 0 Å². The Morgan fingerprint density at radius 2 is 2.06 bits per heavy atom. The number of aldehydes is 1. The lowest BCUT2D eigenvalue weighted by Crippen LogP contribution is -2.12. The van der Waals surface area contributed by atoms with Crippen LogP contribution in [0.1, 0.15) is 6.92 Å². The van der Waals surface area contributed by atoms with Gasteiger partial charge in [-0.3, -0.25) is 4.79 Å². The first-order valence-corrected chi connectivity index (χ1v) is 4.85. The van der Waals surface area contributed by atoms with Gasteiger partial charge < -0.3 is 9.15 Å². The normalized spacial score (nSPS) is 12.3. The molecule has 4 heteroatoms. The van der Waals surface area contributed by atoms with Gasteiger partial charge in [-0.2, -0.15) is 0 Å². The average Bonchev–Trinajstić information content (AvgIpc) is 2.28. The SMILES string of the molecule is C[C@H](C=O)Oc1ccc2ccc(=O)oc2c1. The molecule has 2 rings (SSSR count). The fraction of sp³-hybridized carbons (Fsp3) is 0.167. The van der Waals surface area contributed by atoms with Crippen LogP contribution in [0.15, 0.2) is 39.5 Å². The Hall–Kier alpha value is -2.10. The van der Waals surface area contributed by atoms with Crippen molar-refractivity contribution in [3.8, 4) is 5.75 Å². The van der Waals surface area contributed by atoms with Crippen LogP contribution in [-0.4, -0.2) is 12.4 Å². The molecule has 1 aromatic heterocycles. The first-order chi connectivity index (χ1) is 7.69. The van der Waals surface area contributed by atoms with E-state index in [0.29, 0.717) is 17.6 Å². The van der Waals surface area contributed by atoms with Crippen molar-refractivity contribution in [2.24, 2.45) is 0 Å². The van der Waals surface area contributed by atoms with Gasteiger partial charge in [0.05, 0.1) is 0 Å². The number of hydrogen-bond acceptors (Lipinski definition) is 4. The van der Waals surface area contributed by atoms with Crippen LogP contribution in [0.4, 0.5) is 0 Å². The van der Waals surface area contributed by atoms with Crippen molar-refractivity contribution in [3.05, 3.63) is 40.8 Å². The van der Waals surface area contributed by atoms with E-state index in [1.165, 1.54) is 6.07 Å². The van der Waals surface area contributed by atoms with Crippen molar-refractivity contribution in [1.82, 2.24) is 0 Å². The summed E-state index contributed by atoms with van der Waals surface area (Å²) in [5.41, 5.74) is 0.0381. The number of rotatable bonds is 3. The van der Waals surface area contributed by atoms with Crippen LogP contribution in [0.2, 0.25) is 0 Å². The third-order valence-electron chi connectivity index (χ3n) is 2.11. The zero-order valence-corrected chi connectivity index (χ0v) is 8.67. The molecule has 0 aliphatic rings. The van der Waals surface area contributed by atoms with Crippen LogP contribution in [0.25, 0.3) is 11.0 Å². The minimum atomic E-state index is -0.520. The standard InChI is InChI=1S/C12H10O4/c1-8(7-13)15-10-4-2-9-3-5-12(14)16-11(9)6-10/h2-8H,1H3/t8-/m1/s1. The minimum absolute atomic E-state index is 0.409. The molecule has 0 amide bonds. The number of carbonyl (C=O) groups excluding carboxylic acids is 1. The molecule has 0 radical (unpaired) electrons. The number of fused-ring (bicyclic) bond motifs is 1. The lowest BCUT2D eigenvalue weighted by atomic mass is 10.2. The van der Waals surface area contributed by atoms with Gasteiger partial charge in [-0.1, -0.05) is 0 Å². The average molecular weight is 218 g/mol. The summed E-state index contributed by atoms with van der Waals surface area (Å²) < 4.78 is 10.3. The summed E-state index contributed by atoms with van der Waals surface area (Å²) >= 11 is 0. The molecule has 0 spiro atoms. The Labute approximate surface area is 91.4 Å². The van der Waals surface area contributed by atoms with Gasteiger partial charge >= 0.3 is 5.63 Å². The van der Waals surface area contributed by atoms with Gasteiger partial charge in [-0.25, -0.2) is 4.79 Å². The maximum atomic E-state index is 11.0. The quantitative estimate of drug-likeness (QED) is 0.581. The molecule has 1 aromatic carbocycles. The molecule has 0 fully saturated rings. The molecule has 4 nitrogen and oxygen atoms in total. The highest BCUT2D eigenvalue weighted by molar-refractivity contribution is 5.77. The van der Waals surface area contributed by atoms with Crippen LogP contribution in [-0.2, 0) is 4.79 Å². The summed E-state index contributed by atoms with van der Waals surface area (Å²) in [4.78, 5) is 21.4. The van der Waals surface area contributed by atoms with Crippen molar-refractivity contribution < 1.29 is 13.9 Å². The molecule has 0 saturated heterocycles. The topological polar surface area (TPSA) is 56.5 Å². The Bertz CT molecular complexity index is 570. The third-order valence-corrected chi connectivity index (χ3v) is 2.11. The minimum Gasteiger partial charge on any atom is -0.483 e. The van der Waals surface area contributed by atoms with Crippen molar-refractivity contribution in [3.63, 3.8) is 0 Å². The van der Waals surface area contributed by atoms with Crippen molar-refractivity contribution in [2.75, 3.05) is 0 Å². The Kier molecular flexibility index (Phi) is 2.72. The van der Waals surface area contributed by atoms with E-state index in [9.17, 15) is 9.59 Å². The van der Waals surface area contributed by atoms with E-state index in [1.54, 1.807) is 31.2 Å². The van der Waals surface area contributed by atoms with Gasteiger partial charge in [0.15, 0.2) is 12.4 Å². The van der Waals surface area contributed by atoms with Gasteiger partial charge in [0, 0.05) is 17.5 Å². The largest absolute Gasteiger partial charge is 0.483 e. The molecule has 1 heterocycles. The van der Waals surface area contributed by atoms with E-state index in [4.69, 9.17) is 9.15 Å².